The standard InChI is InChI=1S/C18H18N2O4S/c1-11-8-18(14(21)23-11)10-17(2,24-15(18)22)13-9-25-16(20-13)19-12-6-4-3-5-7-12/h3-7,9,11H,8,10H2,1-2H3,(H,19,20)/t11-,17-,18-/m0/s1. The molecule has 0 saturated carbocycles. The molecule has 0 radical (unpaired) electrons. The first kappa shape index (κ1) is 16.1. The van der Waals surface area contributed by atoms with Gasteiger partial charge in [-0.15, -0.1) is 11.3 Å². The molecule has 0 unspecified atom stereocenters. The van der Waals surface area contributed by atoms with E-state index in [0.717, 1.165) is 5.69 Å². The van der Waals surface area contributed by atoms with Crippen molar-refractivity contribution in [2.45, 2.75) is 38.4 Å². The number of aromatic nitrogens is 1. The van der Waals surface area contributed by atoms with Crippen LogP contribution in [0.25, 0.3) is 0 Å². The van der Waals surface area contributed by atoms with Crippen LogP contribution in [0.4, 0.5) is 10.8 Å². The number of ether oxygens (including phenoxy) is 2. The van der Waals surface area contributed by atoms with Crippen LogP contribution in [-0.2, 0) is 24.7 Å². The summed E-state index contributed by atoms with van der Waals surface area (Å²) in [6, 6.07) is 9.71. The number of rotatable bonds is 3. The van der Waals surface area contributed by atoms with E-state index in [0.29, 0.717) is 17.2 Å². The van der Waals surface area contributed by atoms with E-state index in [9.17, 15) is 9.59 Å². The number of cyclic esters (lactones) is 2. The zero-order valence-electron chi connectivity index (χ0n) is 13.9. The molecule has 1 aromatic heterocycles. The number of hydrogen-bond acceptors (Lipinski definition) is 7. The normalized spacial score (nSPS) is 31.2. The van der Waals surface area contributed by atoms with Gasteiger partial charge in [0.15, 0.2) is 16.1 Å². The summed E-state index contributed by atoms with van der Waals surface area (Å²) in [7, 11) is 0. The lowest BCUT2D eigenvalue weighted by Gasteiger charge is -2.20. The number of nitrogens with one attached hydrogen (secondary N) is 1. The average Bonchev–Trinajstić information content (AvgIpc) is 3.20. The second-order valence-corrected chi connectivity index (χ2v) is 7.69. The van der Waals surface area contributed by atoms with Gasteiger partial charge in [0.2, 0.25) is 0 Å². The largest absolute Gasteiger partial charge is 0.462 e. The van der Waals surface area contributed by atoms with Crippen molar-refractivity contribution < 1.29 is 19.1 Å². The maximum absolute atomic E-state index is 12.5. The second kappa shape index (κ2) is 5.56. The molecule has 2 fully saturated rings. The number of para-hydroxylation sites is 1. The van der Waals surface area contributed by atoms with E-state index in [1.54, 1.807) is 13.8 Å². The van der Waals surface area contributed by atoms with Crippen molar-refractivity contribution in [3.05, 3.63) is 41.4 Å². The van der Waals surface area contributed by atoms with Crippen LogP contribution in [0.15, 0.2) is 35.7 Å². The summed E-state index contributed by atoms with van der Waals surface area (Å²) in [5, 5.41) is 5.80. The van der Waals surface area contributed by atoms with Gasteiger partial charge in [-0.2, -0.15) is 0 Å². The van der Waals surface area contributed by atoms with Gasteiger partial charge in [0.1, 0.15) is 6.10 Å². The van der Waals surface area contributed by atoms with Crippen molar-refractivity contribution in [1.82, 2.24) is 4.98 Å². The highest BCUT2D eigenvalue weighted by molar-refractivity contribution is 7.13. The van der Waals surface area contributed by atoms with Gasteiger partial charge in [-0.25, -0.2) is 4.98 Å². The highest BCUT2D eigenvalue weighted by Crippen LogP contribution is 2.52. The lowest BCUT2D eigenvalue weighted by atomic mass is 9.78. The third kappa shape index (κ3) is 2.59. The van der Waals surface area contributed by atoms with E-state index in [1.807, 2.05) is 35.7 Å². The Balaban J connectivity index is 1.58. The number of anilines is 2. The first-order chi connectivity index (χ1) is 11.9. The van der Waals surface area contributed by atoms with Crippen molar-refractivity contribution in [1.29, 1.82) is 0 Å². The quantitative estimate of drug-likeness (QED) is 0.669. The Morgan fingerprint density at radius 2 is 2.00 bits per heavy atom. The number of carbonyl (C=O) groups is 2. The number of nitrogens with zero attached hydrogens (tertiary/aromatic N) is 1. The Kier molecular flexibility index (Phi) is 3.57. The molecule has 2 saturated heterocycles. The number of hydrogen-bond donors (Lipinski definition) is 1. The second-order valence-electron chi connectivity index (χ2n) is 6.83. The van der Waals surface area contributed by atoms with Crippen LogP contribution in [0.3, 0.4) is 0 Å². The van der Waals surface area contributed by atoms with Gasteiger partial charge in [-0.05, 0) is 26.0 Å². The minimum absolute atomic E-state index is 0.260. The molecule has 2 aliphatic heterocycles. The van der Waals surface area contributed by atoms with Crippen LogP contribution < -0.4 is 5.32 Å². The average molecular weight is 358 g/mol. The number of carbonyl (C=O) groups excluding carboxylic acids is 2. The lowest BCUT2D eigenvalue weighted by Crippen LogP contribution is -2.31. The minimum atomic E-state index is -1.19. The summed E-state index contributed by atoms with van der Waals surface area (Å²) in [5.41, 5.74) is -0.534. The molecule has 0 bridgehead atoms. The Labute approximate surface area is 149 Å². The SMILES string of the molecule is C[C@H]1C[C@]2(C[C@@](C)(c3csc(Nc4ccccc4)n3)OC2=O)C(=O)O1. The molecule has 7 heteroatoms. The fourth-order valence-electron chi connectivity index (χ4n) is 3.57. The first-order valence-corrected chi connectivity index (χ1v) is 9.02. The van der Waals surface area contributed by atoms with Crippen LogP contribution in [0, 0.1) is 5.41 Å². The number of thiazole rings is 1. The third-order valence-electron chi connectivity index (χ3n) is 4.75. The Bertz CT molecular complexity index is 837. The van der Waals surface area contributed by atoms with E-state index in [1.165, 1.54) is 11.3 Å². The fraction of sp³-hybridized carbons (Fsp3) is 0.389. The topological polar surface area (TPSA) is 77.5 Å². The Hall–Kier alpha value is -2.41. The van der Waals surface area contributed by atoms with Gasteiger partial charge >= 0.3 is 11.9 Å². The molecular weight excluding hydrogens is 340 g/mol. The van der Waals surface area contributed by atoms with E-state index in [4.69, 9.17) is 9.47 Å². The highest BCUT2D eigenvalue weighted by Gasteiger charge is 2.65. The van der Waals surface area contributed by atoms with Crippen molar-refractivity contribution in [2.75, 3.05) is 5.32 Å². The molecule has 25 heavy (non-hydrogen) atoms. The van der Waals surface area contributed by atoms with E-state index in [2.05, 4.69) is 10.3 Å². The molecule has 6 nitrogen and oxygen atoms in total. The van der Waals surface area contributed by atoms with Crippen molar-refractivity contribution in [3.8, 4) is 0 Å². The van der Waals surface area contributed by atoms with E-state index in [-0.39, 0.29) is 12.5 Å². The van der Waals surface area contributed by atoms with Crippen LogP contribution in [0.2, 0.25) is 0 Å². The molecule has 2 aliphatic rings. The maximum Gasteiger partial charge on any atom is 0.324 e. The summed E-state index contributed by atoms with van der Waals surface area (Å²) in [5.74, 6) is -0.985. The smallest absolute Gasteiger partial charge is 0.324 e. The van der Waals surface area contributed by atoms with Gasteiger partial charge in [0.05, 0.1) is 5.69 Å². The maximum atomic E-state index is 12.5. The summed E-state index contributed by atoms with van der Waals surface area (Å²) in [6.45, 7) is 3.59. The monoisotopic (exact) mass is 358 g/mol. The molecule has 3 heterocycles. The Morgan fingerprint density at radius 3 is 2.68 bits per heavy atom. The number of esters is 2. The molecule has 130 valence electrons. The minimum Gasteiger partial charge on any atom is -0.462 e. The molecule has 0 amide bonds. The molecular formula is C18H18N2O4S. The summed E-state index contributed by atoms with van der Waals surface area (Å²) < 4.78 is 10.8. The molecule has 1 N–H and O–H groups in total. The first-order valence-electron chi connectivity index (χ1n) is 8.14. The summed E-state index contributed by atoms with van der Waals surface area (Å²) in [4.78, 5) is 29.3. The predicted octanol–water partition coefficient (Wildman–Crippen LogP) is 3.37. The molecule has 3 atom stereocenters. The summed E-state index contributed by atoms with van der Waals surface area (Å²) >= 11 is 1.43. The van der Waals surface area contributed by atoms with Gasteiger partial charge < -0.3 is 14.8 Å². The van der Waals surface area contributed by atoms with Crippen molar-refractivity contribution >= 4 is 34.1 Å². The van der Waals surface area contributed by atoms with Gasteiger partial charge in [0.25, 0.3) is 0 Å². The molecule has 1 spiro atoms. The predicted molar refractivity (Wildman–Crippen MR) is 92.5 cm³/mol. The Morgan fingerprint density at radius 1 is 1.24 bits per heavy atom. The molecule has 4 rings (SSSR count). The van der Waals surface area contributed by atoms with Crippen LogP contribution in [0.5, 0.6) is 0 Å². The van der Waals surface area contributed by atoms with Crippen LogP contribution >= 0.6 is 11.3 Å². The van der Waals surface area contributed by atoms with Gasteiger partial charge in [0, 0.05) is 23.9 Å². The van der Waals surface area contributed by atoms with Crippen LogP contribution in [0.1, 0.15) is 32.4 Å². The van der Waals surface area contributed by atoms with Crippen molar-refractivity contribution in [2.24, 2.45) is 5.41 Å². The van der Waals surface area contributed by atoms with Crippen LogP contribution in [-0.4, -0.2) is 23.0 Å². The van der Waals surface area contributed by atoms with Crippen molar-refractivity contribution in [3.63, 3.8) is 0 Å². The third-order valence-corrected chi connectivity index (χ3v) is 5.51. The zero-order chi connectivity index (χ0) is 17.7. The van der Waals surface area contributed by atoms with Gasteiger partial charge in [-0.3, -0.25) is 9.59 Å². The van der Waals surface area contributed by atoms with E-state index >= 15 is 0 Å². The zero-order valence-corrected chi connectivity index (χ0v) is 14.8. The molecule has 2 aromatic rings. The highest BCUT2D eigenvalue weighted by atomic mass is 32.1. The van der Waals surface area contributed by atoms with Gasteiger partial charge in [-0.1, -0.05) is 18.2 Å². The molecule has 0 aliphatic carbocycles. The number of benzene rings is 1. The van der Waals surface area contributed by atoms with E-state index < -0.39 is 23.0 Å². The fourth-order valence-corrected chi connectivity index (χ4v) is 4.42. The molecule has 1 aromatic carbocycles. The summed E-state index contributed by atoms with van der Waals surface area (Å²) in [6.07, 6.45) is 0.351. The lowest BCUT2D eigenvalue weighted by molar-refractivity contribution is -0.160.